The van der Waals surface area contributed by atoms with Crippen molar-refractivity contribution in [2.45, 2.75) is 182 Å². The molecule has 4 aromatic carbocycles. The van der Waals surface area contributed by atoms with Crippen molar-refractivity contribution in [2.75, 3.05) is 0 Å². The highest BCUT2D eigenvalue weighted by atomic mass is 35.5. The lowest BCUT2D eigenvalue weighted by atomic mass is 9.78. The first-order valence-electron chi connectivity index (χ1n) is 24.7. The van der Waals surface area contributed by atoms with E-state index in [9.17, 15) is 0 Å². The average Bonchev–Trinajstić information content (AvgIpc) is 3.31. The lowest BCUT2D eigenvalue weighted by Gasteiger charge is -2.39. The Bertz CT molecular complexity index is 2330. The number of halogens is 8. The number of rotatable bonds is 27. The number of hydrogen-bond donors (Lipinski definition) is 0. The third kappa shape index (κ3) is 14.0. The second-order valence-corrected chi connectivity index (χ2v) is 23.3. The highest BCUT2D eigenvalue weighted by Gasteiger charge is 2.39. The summed E-state index contributed by atoms with van der Waals surface area (Å²) >= 11 is 55.7. The van der Waals surface area contributed by atoms with Crippen LogP contribution in [0.1, 0.15) is 170 Å². The van der Waals surface area contributed by atoms with Gasteiger partial charge >= 0.3 is 0 Å². The number of benzene rings is 4. The predicted molar refractivity (Wildman–Crippen MR) is 305 cm³/mol. The Hall–Kier alpha value is -2.12. The molecule has 4 rings (SSSR count). The van der Waals surface area contributed by atoms with E-state index in [0.717, 1.165) is 80.0 Å². The summed E-state index contributed by atoms with van der Waals surface area (Å²) in [4.78, 5) is 0. The summed E-state index contributed by atoms with van der Waals surface area (Å²) in [6.07, 6.45) is 11.6. The van der Waals surface area contributed by atoms with E-state index < -0.39 is 22.0 Å². The maximum Gasteiger partial charge on any atom is 0.157 e. The molecule has 0 N–H and O–H groups in total. The van der Waals surface area contributed by atoms with Gasteiger partial charge in [-0.05, 0) is 161 Å². The van der Waals surface area contributed by atoms with Gasteiger partial charge in [-0.3, -0.25) is 0 Å². The number of hydrogen-bond acceptors (Lipinski definition) is 4. The maximum absolute atomic E-state index is 7.08. The molecule has 0 fully saturated rings. The minimum atomic E-state index is -0.580. The van der Waals surface area contributed by atoms with E-state index >= 15 is 0 Å². The first kappa shape index (κ1) is 60.4. The van der Waals surface area contributed by atoms with Gasteiger partial charge in [0.15, 0.2) is 23.0 Å². The molecule has 4 nitrogen and oxygen atoms in total. The molecule has 0 aliphatic carbocycles. The lowest BCUT2D eigenvalue weighted by molar-refractivity contribution is -0.000186. The average molecular weight is 1120 g/mol. The summed E-state index contributed by atoms with van der Waals surface area (Å²) in [5.74, 6) is 2.20. The van der Waals surface area contributed by atoms with Crippen LogP contribution in [-0.4, -0.2) is 23.4 Å². The second kappa shape index (κ2) is 25.9. The third-order valence-electron chi connectivity index (χ3n) is 14.9. The Morgan fingerprint density at radius 3 is 0.957 bits per heavy atom. The van der Waals surface area contributed by atoms with Gasteiger partial charge in [-0.25, -0.2) is 0 Å². The normalized spacial score (nSPS) is 14.2. The largest absolute Gasteiger partial charge is 0.488 e. The van der Waals surface area contributed by atoms with E-state index in [4.69, 9.17) is 112 Å². The van der Waals surface area contributed by atoms with E-state index in [2.05, 4.69) is 82.4 Å². The van der Waals surface area contributed by atoms with Gasteiger partial charge in [-0.2, -0.15) is 0 Å². The summed E-state index contributed by atoms with van der Waals surface area (Å²) in [5.41, 5.74) is 1.40. The van der Waals surface area contributed by atoms with Crippen molar-refractivity contribution in [2.24, 2.45) is 11.8 Å². The van der Waals surface area contributed by atoms with Gasteiger partial charge in [0.1, 0.15) is 11.2 Å². The van der Waals surface area contributed by atoms with E-state index in [1.54, 1.807) is 0 Å². The molecule has 0 heterocycles. The molecule has 0 aromatic heterocycles. The minimum absolute atomic E-state index is 0.0788. The van der Waals surface area contributed by atoms with E-state index in [-0.39, 0.29) is 24.0 Å². The predicted octanol–water partition coefficient (Wildman–Crippen LogP) is 21.7. The molecule has 4 aromatic rings. The molecular formula is C58H74Cl8O4. The second-order valence-electron chi connectivity index (χ2n) is 20.0. The zero-order chi connectivity index (χ0) is 52.5. The van der Waals surface area contributed by atoms with Crippen LogP contribution in [0.2, 0.25) is 40.2 Å². The molecule has 0 amide bonds. The van der Waals surface area contributed by atoms with Crippen LogP contribution in [0.3, 0.4) is 0 Å². The van der Waals surface area contributed by atoms with Crippen molar-refractivity contribution < 1.29 is 18.9 Å². The van der Waals surface area contributed by atoms with Gasteiger partial charge in [0.2, 0.25) is 0 Å². The minimum Gasteiger partial charge on any atom is -0.488 e. The number of allylic oxidation sites excluding steroid dienone is 2. The number of ether oxygens (including phenoxy) is 4. The zero-order valence-corrected chi connectivity index (χ0v) is 49.3. The molecule has 4 unspecified atom stereocenters. The fourth-order valence-electron chi connectivity index (χ4n) is 9.48. The fraction of sp³-hybridized carbons (Fsp3) is 0.517. The lowest BCUT2D eigenvalue weighted by Crippen LogP contribution is -2.42. The monoisotopic (exact) mass is 1110 g/mol. The molecule has 0 spiro atoms. The van der Waals surface area contributed by atoms with E-state index in [0.29, 0.717) is 69.6 Å². The summed E-state index contributed by atoms with van der Waals surface area (Å²) in [6.45, 7) is 33.0. The fourth-order valence-corrected chi connectivity index (χ4v) is 11.8. The first-order chi connectivity index (χ1) is 32.8. The Balaban J connectivity index is 1.49. The van der Waals surface area contributed by atoms with Gasteiger partial charge in [0.25, 0.3) is 0 Å². The van der Waals surface area contributed by atoms with Crippen LogP contribution in [0, 0.1) is 11.8 Å². The highest BCUT2D eigenvalue weighted by Crippen LogP contribution is 2.49. The summed E-state index contributed by atoms with van der Waals surface area (Å²) in [5, 5.41) is 3.43. The Kier molecular flexibility index (Phi) is 22.4. The Morgan fingerprint density at radius 1 is 0.414 bits per heavy atom. The molecule has 12 heteroatoms. The summed E-state index contributed by atoms with van der Waals surface area (Å²) < 4.78 is 26.3. The summed E-state index contributed by atoms with van der Waals surface area (Å²) in [7, 11) is 0. The smallest absolute Gasteiger partial charge is 0.157 e. The molecule has 0 aliphatic rings. The van der Waals surface area contributed by atoms with E-state index in [1.165, 1.54) is 0 Å². The molecule has 0 bridgehead atoms. The maximum atomic E-state index is 7.08. The van der Waals surface area contributed by atoms with Crippen LogP contribution in [0.25, 0.3) is 0 Å². The highest BCUT2D eigenvalue weighted by molar-refractivity contribution is 6.39. The third-order valence-corrected chi connectivity index (χ3v) is 17.2. The van der Waals surface area contributed by atoms with Gasteiger partial charge in [0.05, 0.1) is 52.4 Å². The van der Waals surface area contributed by atoms with Crippen molar-refractivity contribution in [3.8, 4) is 23.0 Å². The van der Waals surface area contributed by atoms with Gasteiger partial charge in [0, 0.05) is 10.8 Å². The van der Waals surface area contributed by atoms with Crippen molar-refractivity contribution >= 4 is 92.8 Å². The van der Waals surface area contributed by atoms with E-state index in [1.807, 2.05) is 74.5 Å². The molecule has 70 heavy (non-hydrogen) atoms. The molecule has 0 radical (unpaired) electrons. The van der Waals surface area contributed by atoms with Crippen LogP contribution < -0.4 is 18.9 Å². The zero-order valence-electron chi connectivity index (χ0n) is 43.2. The van der Waals surface area contributed by atoms with Gasteiger partial charge in [-0.1, -0.05) is 174 Å². The molecular weight excluding hydrogens is 1040 g/mol. The van der Waals surface area contributed by atoms with Crippen LogP contribution in [-0.2, 0) is 10.8 Å². The van der Waals surface area contributed by atoms with Crippen LogP contribution in [0.15, 0.2) is 73.8 Å². The van der Waals surface area contributed by atoms with Crippen molar-refractivity contribution in [1.29, 1.82) is 0 Å². The SMILES string of the molecule is C=CCCC(C)Oc1c(Cl)cc(C(C)(C)c2cc(Cl)c(OC(CC)(CC)C(C)CCC(C)Oc3c(Cl)cc(C(C)(C)c4cc(Cl)c(OC(CC)(CC)C(C)CCC=C)c(Cl)c4)cc3Cl)c(Cl)c2)cc1Cl. The first-order valence-corrected chi connectivity index (χ1v) is 27.7. The Morgan fingerprint density at radius 2 is 0.671 bits per heavy atom. The quantitative estimate of drug-likeness (QED) is 0.0558. The van der Waals surface area contributed by atoms with Crippen LogP contribution in [0.5, 0.6) is 23.0 Å². The molecule has 386 valence electrons. The topological polar surface area (TPSA) is 36.9 Å². The van der Waals surface area contributed by atoms with Crippen LogP contribution in [0.4, 0.5) is 0 Å². The van der Waals surface area contributed by atoms with Crippen molar-refractivity contribution in [1.82, 2.24) is 0 Å². The summed E-state index contributed by atoms with van der Waals surface area (Å²) in [6, 6.07) is 15.3. The van der Waals surface area contributed by atoms with Gasteiger partial charge in [-0.15, -0.1) is 13.2 Å². The molecule has 0 saturated heterocycles. The van der Waals surface area contributed by atoms with Crippen LogP contribution >= 0.6 is 92.8 Å². The molecule has 4 atom stereocenters. The van der Waals surface area contributed by atoms with Crippen molar-refractivity contribution in [3.63, 3.8) is 0 Å². The molecule has 0 aliphatic heterocycles. The van der Waals surface area contributed by atoms with Crippen molar-refractivity contribution in [3.05, 3.63) is 136 Å². The Labute approximate surface area is 461 Å². The van der Waals surface area contributed by atoms with Gasteiger partial charge < -0.3 is 18.9 Å². The standard InChI is InChI=1S/C58H74Cl8O4/c1-15-21-23-35(7)57(17-3,18-4)69-53-47(63)31-41(32-48(53)64)56(13,14)40-29-45(61)52(46(62)30-40)68-38(10)26-25-36(8)58(19-5,20-6)70-54-49(65)33-42(34-50(54)66)55(11,12)39-27-43(59)51(44(60)28-39)67-37(9)24-22-16-2/h15-16,27-38H,1-2,17-26H2,3-14H3. The molecule has 0 saturated carbocycles.